The zero-order valence-corrected chi connectivity index (χ0v) is 16.6. The van der Waals surface area contributed by atoms with E-state index in [2.05, 4.69) is 16.0 Å². The second kappa shape index (κ2) is 9.55. The Balaban J connectivity index is 1.62. The van der Waals surface area contributed by atoms with E-state index in [0.29, 0.717) is 5.69 Å². The van der Waals surface area contributed by atoms with Gasteiger partial charge >= 0.3 is 0 Å². The highest BCUT2D eigenvalue weighted by molar-refractivity contribution is 5.91. The monoisotopic (exact) mass is 387 g/mol. The summed E-state index contributed by atoms with van der Waals surface area (Å²) in [6.45, 7) is 3.46. The lowest BCUT2D eigenvalue weighted by molar-refractivity contribution is -0.120. The molecule has 0 radical (unpaired) electrons. The summed E-state index contributed by atoms with van der Waals surface area (Å²) in [5.41, 5.74) is 4.68. The Morgan fingerprint density at radius 3 is 2.00 bits per heavy atom. The summed E-state index contributed by atoms with van der Waals surface area (Å²) >= 11 is 0. The number of carbonyl (C=O) groups excluding carboxylic acids is 2. The largest absolute Gasteiger partial charge is 0.356 e. The second-order valence-electron chi connectivity index (χ2n) is 6.98. The molecule has 0 heterocycles. The average Bonchev–Trinajstić information content (AvgIpc) is 2.70. The highest BCUT2D eigenvalue weighted by Gasteiger charge is 2.17. The van der Waals surface area contributed by atoms with E-state index in [-0.39, 0.29) is 24.3 Å². The molecule has 0 aliphatic heterocycles. The third-order valence-electron chi connectivity index (χ3n) is 4.48. The van der Waals surface area contributed by atoms with Crippen molar-refractivity contribution in [3.8, 4) is 0 Å². The lowest BCUT2D eigenvalue weighted by atomic mass is 10.0. The number of carbonyl (C=O) groups is 2. The van der Waals surface area contributed by atoms with Crippen molar-refractivity contribution in [2.45, 2.75) is 26.3 Å². The van der Waals surface area contributed by atoms with Gasteiger partial charge in [0, 0.05) is 24.0 Å². The predicted octanol–water partition coefficient (Wildman–Crippen LogP) is 4.94. The van der Waals surface area contributed by atoms with Gasteiger partial charge in [-0.05, 0) is 48.9 Å². The van der Waals surface area contributed by atoms with Gasteiger partial charge in [0.25, 0.3) is 0 Å². The molecule has 3 aromatic carbocycles. The first-order chi connectivity index (χ1) is 14.0. The Kier molecular flexibility index (Phi) is 6.63. The molecule has 0 unspecified atom stereocenters. The fourth-order valence-electron chi connectivity index (χ4n) is 3.02. The molecule has 0 bridgehead atoms. The van der Waals surface area contributed by atoms with Crippen LogP contribution in [-0.4, -0.2) is 11.8 Å². The molecule has 0 aliphatic carbocycles. The van der Waals surface area contributed by atoms with E-state index in [0.717, 1.165) is 22.5 Å². The van der Waals surface area contributed by atoms with Crippen molar-refractivity contribution in [1.29, 1.82) is 0 Å². The van der Waals surface area contributed by atoms with Crippen LogP contribution < -0.4 is 16.0 Å². The molecule has 1 atom stereocenters. The standard InChI is InChI=1S/C24H25N3O2/c1-17-8-10-19(11-9-17)23(25-18(2)28)16-24(29)27-22-14-12-21(13-15-22)26-20-6-4-3-5-7-20/h3-15,23,26H,16H2,1-2H3,(H,25,28)(H,27,29)/t23-/m0/s1. The zero-order chi connectivity index (χ0) is 20.6. The molecule has 3 rings (SSSR count). The number of para-hydroxylation sites is 1. The molecule has 0 spiro atoms. The molecule has 0 aromatic heterocycles. The van der Waals surface area contributed by atoms with Gasteiger partial charge < -0.3 is 16.0 Å². The Labute approximate surface area is 171 Å². The minimum absolute atomic E-state index is 0.159. The fourth-order valence-corrected chi connectivity index (χ4v) is 3.02. The molecule has 5 nitrogen and oxygen atoms in total. The highest BCUT2D eigenvalue weighted by atomic mass is 16.2. The van der Waals surface area contributed by atoms with Crippen molar-refractivity contribution >= 4 is 28.9 Å². The van der Waals surface area contributed by atoms with E-state index in [4.69, 9.17) is 0 Å². The topological polar surface area (TPSA) is 70.2 Å². The number of hydrogen-bond acceptors (Lipinski definition) is 3. The van der Waals surface area contributed by atoms with Gasteiger partial charge in [-0.3, -0.25) is 9.59 Å². The van der Waals surface area contributed by atoms with Gasteiger partial charge in [0.15, 0.2) is 0 Å². The van der Waals surface area contributed by atoms with Crippen molar-refractivity contribution in [1.82, 2.24) is 5.32 Å². The van der Waals surface area contributed by atoms with Crippen molar-refractivity contribution in [2.24, 2.45) is 0 Å². The molecule has 0 fully saturated rings. The lowest BCUT2D eigenvalue weighted by Crippen LogP contribution is -2.29. The summed E-state index contributed by atoms with van der Waals surface area (Å²) < 4.78 is 0. The Morgan fingerprint density at radius 2 is 1.38 bits per heavy atom. The average molecular weight is 387 g/mol. The smallest absolute Gasteiger partial charge is 0.226 e. The normalized spacial score (nSPS) is 11.4. The van der Waals surface area contributed by atoms with Crippen LogP contribution >= 0.6 is 0 Å². The van der Waals surface area contributed by atoms with Crippen LogP contribution in [0.1, 0.15) is 30.5 Å². The molecule has 2 amide bonds. The third-order valence-corrected chi connectivity index (χ3v) is 4.48. The summed E-state index contributed by atoms with van der Waals surface area (Å²) in [4.78, 5) is 24.1. The first kappa shape index (κ1) is 20.1. The number of hydrogen-bond donors (Lipinski definition) is 3. The number of amides is 2. The van der Waals surface area contributed by atoms with Crippen molar-refractivity contribution in [2.75, 3.05) is 10.6 Å². The van der Waals surface area contributed by atoms with Crippen LogP contribution in [0.25, 0.3) is 0 Å². The Morgan fingerprint density at radius 1 is 0.793 bits per heavy atom. The molecule has 0 saturated heterocycles. The summed E-state index contributed by atoms with van der Waals surface area (Å²) in [5.74, 6) is -0.326. The summed E-state index contributed by atoms with van der Waals surface area (Å²) in [5, 5.41) is 9.06. The molecule has 148 valence electrons. The van der Waals surface area contributed by atoms with Gasteiger partial charge in [0.2, 0.25) is 11.8 Å². The minimum Gasteiger partial charge on any atom is -0.356 e. The molecular weight excluding hydrogens is 362 g/mol. The van der Waals surface area contributed by atoms with E-state index >= 15 is 0 Å². The van der Waals surface area contributed by atoms with Gasteiger partial charge in [-0.2, -0.15) is 0 Å². The number of aryl methyl sites for hydroxylation is 1. The maximum absolute atomic E-state index is 12.5. The zero-order valence-electron chi connectivity index (χ0n) is 16.6. The number of anilines is 3. The van der Waals surface area contributed by atoms with Crippen LogP contribution in [0.2, 0.25) is 0 Å². The third kappa shape index (κ3) is 6.21. The molecule has 3 aromatic rings. The molecule has 5 heteroatoms. The first-order valence-electron chi connectivity index (χ1n) is 9.55. The number of nitrogens with one attached hydrogen (secondary N) is 3. The molecule has 29 heavy (non-hydrogen) atoms. The van der Waals surface area contributed by atoms with Crippen LogP contribution in [-0.2, 0) is 9.59 Å². The van der Waals surface area contributed by atoms with Gasteiger partial charge in [-0.15, -0.1) is 0 Å². The SMILES string of the molecule is CC(=O)N[C@@H](CC(=O)Nc1ccc(Nc2ccccc2)cc1)c1ccc(C)cc1. The molecule has 0 aliphatic rings. The summed E-state index contributed by atoms with van der Waals surface area (Å²) in [6, 6.07) is 24.9. The Hall–Kier alpha value is -3.60. The number of benzene rings is 3. The van der Waals surface area contributed by atoms with Crippen molar-refractivity contribution in [3.05, 3.63) is 90.0 Å². The molecular formula is C24H25N3O2. The maximum atomic E-state index is 12.5. The van der Waals surface area contributed by atoms with Crippen LogP contribution in [0.3, 0.4) is 0 Å². The van der Waals surface area contributed by atoms with Crippen molar-refractivity contribution < 1.29 is 9.59 Å². The van der Waals surface area contributed by atoms with E-state index in [1.54, 1.807) is 0 Å². The van der Waals surface area contributed by atoms with Crippen LogP contribution in [0, 0.1) is 6.92 Å². The van der Waals surface area contributed by atoms with Gasteiger partial charge in [-0.1, -0.05) is 48.0 Å². The quantitative estimate of drug-likeness (QED) is 0.537. The van der Waals surface area contributed by atoms with E-state index in [9.17, 15) is 9.59 Å². The molecule has 0 saturated carbocycles. The van der Waals surface area contributed by atoms with E-state index in [1.165, 1.54) is 6.92 Å². The van der Waals surface area contributed by atoms with Crippen LogP contribution in [0.15, 0.2) is 78.9 Å². The first-order valence-corrected chi connectivity index (χ1v) is 9.55. The van der Waals surface area contributed by atoms with Gasteiger partial charge in [0.05, 0.1) is 12.5 Å². The maximum Gasteiger partial charge on any atom is 0.226 e. The van der Waals surface area contributed by atoms with Crippen LogP contribution in [0.5, 0.6) is 0 Å². The van der Waals surface area contributed by atoms with Gasteiger partial charge in [-0.25, -0.2) is 0 Å². The van der Waals surface area contributed by atoms with Crippen molar-refractivity contribution in [3.63, 3.8) is 0 Å². The number of rotatable bonds is 7. The van der Waals surface area contributed by atoms with Gasteiger partial charge in [0.1, 0.15) is 0 Å². The van der Waals surface area contributed by atoms with E-state index < -0.39 is 0 Å². The van der Waals surface area contributed by atoms with E-state index in [1.807, 2.05) is 85.8 Å². The minimum atomic E-state index is -0.368. The Bertz CT molecular complexity index is 952. The second-order valence-corrected chi connectivity index (χ2v) is 6.98. The summed E-state index contributed by atoms with van der Waals surface area (Å²) in [7, 11) is 0. The van der Waals surface area contributed by atoms with Crippen LogP contribution in [0.4, 0.5) is 17.1 Å². The lowest BCUT2D eigenvalue weighted by Gasteiger charge is -2.18. The predicted molar refractivity (Wildman–Crippen MR) is 117 cm³/mol. The molecule has 3 N–H and O–H groups in total. The fraction of sp³-hybridized carbons (Fsp3) is 0.167. The highest BCUT2D eigenvalue weighted by Crippen LogP contribution is 2.21. The summed E-state index contributed by atoms with van der Waals surface area (Å²) in [6.07, 6.45) is 0.159.